The van der Waals surface area contributed by atoms with Gasteiger partial charge in [0.1, 0.15) is 10.0 Å². The number of hydrogen-bond donors (Lipinski definition) is 1. The van der Waals surface area contributed by atoms with Crippen LogP contribution in [0.3, 0.4) is 0 Å². The zero-order chi connectivity index (χ0) is 11.7. The molecule has 15 heavy (non-hydrogen) atoms. The van der Waals surface area contributed by atoms with Crippen LogP contribution in [-0.2, 0) is 0 Å². The Morgan fingerprint density at radius 2 is 1.47 bits per heavy atom. The largest absolute Gasteiger partial charge is 0.494 e. The molecule has 1 aromatic carbocycles. The van der Waals surface area contributed by atoms with Crippen LogP contribution in [0.25, 0.3) is 0 Å². The van der Waals surface area contributed by atoms with E-state index >= 15 is 0 Å². The lowest BCUT2D eigenvalue weighted by atomic mass is 10.2. The summed E-state index contributed by atoms with van der Waals surface area (Å²) in [7, 11) is 1.32. The molecule has 0 bridgehead atoms. The van der Waals surface area contributed by atoms with Gasteiger partial charge in [-0.1, -0.05) is 46.4 Å². The van der Waals surface area contributed by atoms with E-state index in [1.807, 2.05) is 0 Å². The summed E-state index contributed by atoms with van der Waals surface area (Å²) in [6, 6.07) is 0. The predicted octanol–water partition coefficient (Wildman–Crippen LogP) is 4.01. The number of aromatic carboxylic acids is 1. The summed E-state index contributed by atoms with van der Waals surface area (Å²) in [6.45, 7) is 0. The molecule has 0 aliphatic rings. The minimum atomic E-state index is -1.31. The van der Waals surface area contributed by atoms with Crippen molar-refractivity contribution in [1.82, 2.24) is 0 Å². The smallest absolute Gasteiger partial charge is 0.338 e. The van der Waals surface area contributed by atoms with Crippen molar-refractivity contribution in [3.05, 3.63) is 25.7 Å². The van der Waals surface area contributed by atoms with Crippen LogP contribution >= 0.6 is 46.4 Å². The van der Waals surface area contributed by atoms with Crippen LogP contribution in [0.5, 0.6) is 5.75 Å². The number of carboxylic acid groups (broad SMARTS) is 1. The molecule has 0 fully saturated rings. The molecule has 82 valence electrons. The molecule has 0 saturated carbocycles. The van der Waals surface area contributed by atoms with Gasteiger partial charge in [-0.25, -0.2) is 4.79 Å². The van der Waals surface area contributed by atoms with Gasteiger partial charge in [0.2, 0.25) is 0 Å². The first kappa shape index (κ1) is 12.7. The Kier molecular flexibility index (Phi) is 3.95. The first-order valence-electron chi connectivity index (χ1n) is 3.55. The normalized spacial score (nSPS) is 10.2. The summed E-state index contributed by atoms with van der Waals surface area (Å²) in [6.07, 6.45) is 0. The van der Waals surface area contributed by atoms with Gasteiger partial charge >= 0.3 is 5.97 Å². The molecular formula is C8H4Cl4O3. The highest BCUT2D eigenvalue weighted by molar-refractivity contribution is 6.51. The molecule has 0 amide bonds. The number of ether oxygens (including phenoxy) is 1. The van der Waals surface area contributed by atoms with Gasteiger partial charge in [0, 0.05) is 0 Å². The molecular weight excluding hydrogens is 286 g/mol. The van der Waals surface area contributed by atoms with E-state index in [-0.39, 0.29) is 31.4 Å². The van der Waals surface area contributed by atoms with E-state index in [0.717, 1.165) is 0 Å². The topological polar surface area (TPSA) is 46.5 Å². The Bertz CT molecular complexity index is 401. The molecule has 0 spiro atoms. The van der Waals surface area contributed by atoms with Gasteiger partial charge in [0.15, 0.2) is 5.75 Å². The maximum absolute atomic E-state index is 10.8. The van der Waals surface area contributed by atoms with Crippen LogP contribution < -0.4 is 4.74 Å². The van der Waals surface area contributed by atoms with Crippen molar-refractivity contribution in [2.75, 3.05) is 7.11 Å². The van der Waals surface area contributed by atoms with E-state index in [1.165, 1.54) is 7.11 Å². The fourth-order valence-electron chi connectivity index (χ4n) is 0.979. The van der Waals surface area contributed by atoms with Gasteiger partial charge in [-0.15, -0.1) is 0 Å². The van der Waals surface area contributed by atoms with Crippen molar-refractivity contribution in [2.45, 2.75) is 0 Å². The fourth-order valence-corrected chi connectivity index (χ4v) is 2.13. The number of methoxy groups -OCH3 is 1. The molecule has 0 aromatic heterocycles. The van der Waals surface area contributed by atoms with Crippen LogP contribution in [-0.4, -0.2) is 18.2 Å². The summed E-state index contributed by atoms with van der Waals surface area (Å²) in [4.78, 5) is 10.8. The molecule has 0 aliphatic heterocycles. The predicted molar refractivity (Wildman–Crippen MR) is 60.0 cm³/mol. The molecule has 1 rings (SSSR count). The van der Waals surface area contributed by atoms with E-state index in [0.29, 0.717) is 0 Å². The van der Waals surface area contributed by atoms with E-state index in [1.54, 1.807) is 0 Å². The minimum absolute atomic E-state index is 0.0540. The summed E-state index contributed by atoms with van der Waals surface area (Å²) in [5, 5.41) is 8.28. The van der Waals surface area contributed by atoms with Crippen LogP contribution in [0.1, 0.15) is 10.4 Å². The van der Waals surface area contributed by atoms with Crippen molar-refractivity contribution in [3.63, 3.8) is 0 Å². The van der Waals surface area contributed by atoms with E-state index in [2.05, 4.69) is 0 Å². The molecule has 1 aromatic rings. The quantitative estimate of drug-likeness (QED) is 0.837. The molecule has 0 aliphatic carbocycles. The average Bonchev–Trinajstić information content (AvgIpc) is 2.16. The van der Waals surface area contributed by atoms with Crippen LogP contribution in [0.15, 0.2) is 0 Å². The monoisotopic (exact) mass is 288 g/mol. The third kappa shape index (κ3) is 2.11. The van der Waals surface area contributed by atoms with Crippen molar-refractivity contribution >= 4 is 52.4 Å². The van der Waals surface area contributed by atoms with Gasteiger partial charge < -0.3 is 9.84 Å². The zero-order valence-electron chi connectivity index (χ0n) is 7.28. The van der Waals surface area contributed by atoms with Crippen molar-refractivity contribution in [2.24, 2.45) is 0 Å². The summed E-state index contributed by atoms with van der Waals surface area (Å²) in [5.41, 5.74) is -0.339. The van der Waals surface area contributed by atoms with Crippen LogP contribution in [0.4, 0.5) is 0 Å². The van der Waals surface area contributed by atoms with E-state index in [9.17, 15) is 4.79 Å². The summed E-state index contributed by atoms with van der Waals surface area (Å²) < 4.78 is 4.85. The van der Waals surface area contributed by atoms with Crippen molar-refractivity contribution < 1.29 is 14.6 Å². The van der Waals surface area contributed by atoms with Gasteiger partial charge in [-0.05, 0) is 0 Å². The van der Waals surface area contributed by atoms with Crippen molar-refractivity contribution in [3.8, 4) is 5.75 Å². The summed E-state index contributed by atoms with van der Waals surface area (Å²) in [5.74, 6) is -1.25. The first-order chi connectivity index (χ1) is 6.91. The fraction of sp³-hybridized carbons (Fsp3) is 0.125. The van der Waals surface area contributed by atoms with Crippen LogP contribution in [0.2, 0.25) is 20.1 Å². The molecule has 0 saturated heterocycles. The lowest BCUT2D eigenvalue weighted by Gasteiger charge is -2.11. The third-order valence-corrected chi connectivity index (χ3v) is 3.31. The molecule has 0 unspecified atom stereocenters. The highest BCUT2D eigenvalue weighted by Crippen LogP contribution is 2.45. The van der Waals surface area contributed by atoms with Crippen LogP contribution in [0, 0.1) is 0 Å². The highest BCUT2D eigenvalue weighted by atomic mass is 35.5. The second-order valence-electron chi connectivity index (χ2n) is 2.47. The van der Waals surface area contributed by atoms with Gasteiger partial charge in [0.25, 0.3) is 0 Å². The van der Waals surface area contributed by atoms with E-state index < -0.39 is 5.97 Å². The minimum Gasteiger partial charge on any atom is -0.494 e. The lowest BCUT2D eigenvalue weighted by Crippen LogP contribution is -2.01. The Hall–Kier alpha value is -0.350. The average molecular weight is 290 g/mol. The number of halogens is 4. The Morgan fingerprint density at radius 1 is 1.07 bits per heavy atom. The second kappa shape index (κ2) is 4.66. The zero-order valence-corrected chi connectivity index (χ0v) is 10.3. The SMILES string of the molecule is COc1c(Cl)c(Cl)c(C(=O)O)c(Cl)c1Cl. The molecule has 0 radical (unpaired) electrons. The molecule has 1 N–H and O–H groups in total. The maximum Gasteiger partial charge on any atom is 0.338 e. The van der Waals surface area contributed by atoms with Crippen molar-refractivity contribution in [1.29, 1.82) is 0 Å². The number of carboxylic acids is 1. The molecule has 0 heterocycles. The van der Waals surface area contributed by atoms with Gasteiger partial charge in [0.05, 0.1) is 22.7 Å². The molecule has 0 atom stereocenters. The number of rotatable bonds is 2. The van der Waals surface area contributed by atoms with Gasteiger partial charge in [-0.2, -0.15) is 0 Å². The highest BCUT2D eigenvalue weighted by Gasteiger charge is 2.24. The Labute approximate surface area is 105 Å². The Balaban J connectivity index is 3.66. The third-order valence-electron chi connectivity index (χ3n) is 1.64. The lowest BCUT2D eigenvalue weighted by molar-refractivity contribution is 0.0697. The number of carbonyl (C=O) groups is 1. The molecule has 3 nitrogen and oxygen atoms in total. The Morgan fingerprint density at radius 3 is 1.73 bits per heavy atom. The van der Waals surface area contributed by atoms with E-state index in [4.69, 9.17) is 56.2 Å². The van der Waals surface area contributed by atoms with Gasteiger partial charge in [-0.3, -0.25) is 0 Å². The number of benzene rings is 1. The standard InChI is InChI=1S/C8H4Cl4O3/c1-15-7-5(11)3(9)2(8(13)14)4(10)6(7)12/h1H3,(H,13,14). The summed E-state index contributed by atoms with van der Waals surface area (Å²) >= 11 is 22.9. The second-order valence-corrected chi connectivity index (χ2v) is 3.98. The maximum atomic E-state index is 10.8. The first-order valence-corrected chi connectivity index (χ1v) is 5.06. The number of hydrogen-bond acceptors (Lipinski definition) is 2. The molecule has 7 heteroatoms.